The van der Waals surface area contributed by atoms with Crippen molar-refractivity contribution >= 4 is 22.6 Å². The summed E-state index contributed by atoms with van der Waals surface area (Å²) in [5, 5.41) is 9.95. The second kappa shape index (κ2) is 9.44. The second-order valence-electron chi connectivity index (χ2n) is 11.4. The van der Waals surface area contributed by atoms with Gasteiger partial charge in [0, 0.05) is 55.7 Å². The molecule has 0 bridgehead atoms. The van der Waals surface area contributed by atoms with E-state index < -0.39 is 5.60 Å². The lowest BCUT2D eigenvalue weighted by atomic mass is 9.82. The summed E-state index contributed by atoms with van der Waals surface area (Å²) in [5.41, 5.74) is 6.64. The highest BCUT2D eigenvalue weighted by Crippen LogP contribution is 2.41. The van der Waals surface area contributed by atoms with E-state index in [9.17, 15) is 9.59 Å². The van der Waals surface area contributed by atoms with Gasteiger partial charge in [0.25, 0.3) is 5.91 Å². The number of Topliss-reactive ketones (excluding diaryl/α,β-unsaturated/α-hetero) is 1. The number of carbonyl (C=O) groups is 2. The fourth-order valence-corrected chi connectivity index (χ4v) is 6.11. The van der Waals surface area contributed by atoms with Crippen LogP contribution in [0.5, 0.6) is 5.75 Å². The molecule has 0 N–H and O–H groups in total. The first-order valence-corrected chi connectivity index (χ1v) is 14.0. The maximum Gasteiger partial charge on any atom is 0.253 e. The molecule has 41 heavy (non-hydrogen) atoms. The number of rotatable bonds is 3. The minimum Gasteiger partial charge on any atom is -0.486 e. The summed E-state index contributed by atoms with van der Waals surface area (Å²) in [6.07, 6.45) is 5.27. The summed E-state index contributed by atoms with van der Waals surface area (Å²) in [7, 11) is 1.87. The fraction of sp³-hybridized carbons (Fsp3) is 0.273. The zero-order valence-electron chi connectivity index (χ0n) is 23.4. The molecule has 7 rings (SSSR count). The number of carbonyl (C=O) groups excluding carboxylic acids is 2. The number of fused-ring (bicyclic) bond motifs is 2. The maximum absolute atomic E-state index is 13.6. The lowest BCUT2D eigenvalue weighted by Crippen LogP contribution is -2.52. The van der Waals surface area contributed by atoms with Crippen LogP contribution in [-0.2, 0) is 7.05 Å². The molecule has 206 valence electrons. The van der Waals surface area contributed by atoms with Gasteiger partial charge in [0.2, 0.25) is 0 Å². The van der Waals surface area contributed by atoms with Crippen molar-refractivity contribution in [1.82, 2.24) is 24.5 Å². The third-order valence-electron chi connectivity index (χ3n) is 8.48. The van der Waals surface area contributed by atoms with E-state index in [1.807, 2.05) is 66.1 Å². The van der Waals surface area contributed by atoms with Crippen LogP contribution < -0.4 is 4.74 Å². The van der Waals surface area contributed by atoms with Crippen molar-refractivity contribution in [2.45, 2.75) is 38.7 Å². The first kappa shape index (κ1) is 25.3. The Morgan fingerprint density at radius 3 is 2.46 bits per heavy atom. The van der Waals surface area contributed by atoms with Gasteiger partial charge >= 0.3 is 0 Å². The topological polar surface area (TPSA) is 82.3 Å². The average molecular weight is 546 g/mol. The SMILES string of the molecule is Cc1ccc(-n2nc(C)c3cc(C(=O)N4CCC5(CC4)CC(=O)c4cc(-c6cnn(C)c6)ccc4O5)ccc32)cc1. The molecule has 2 aromatic heterocycles. The van der Waals surface area contributed by atoms with Gasteiger partial charge in [-0.15, -0.1) is 0 Å². The number of benzene rings is 3. The molecule has 8 nitrogen and oxygen atoms in total. The van der Waals surface area contributed by atoms with Crippen molar-refractivity contribution in [2.75, 3.05) is 13.1 Å². The van der Waals surface area contributed by atoms with Crippen molar-refractivity contribution in [3.05, 3.63) is 95.4 Å². The predicted molar refractivity (Wildman–Crippen MR) is 157 cm³/mol. The van der Waals surface area contributed by atoms with E-state index in [1.54, 1.807) is 10.9 Å². The van der Waals surface area contributed by atoms with Crippen LogP contribution in [0.15, 0.2) is 73.1 Å². The lowest BCUT2D eigenvalue weighted by molar-refractivity contribution is -0.00569. The van der Waals surface area contributed by atoms with E-state index in [-0.39, 0.29) is 11.7 Å². The van der Waals surface area contributed by atoms with E-state index in [0.717, 1.165) is 33.4 Å². The van der Waals surface area contributed by atoms with E-state index in [0.29, 0.717) is 49.2 Å². The number of ketones is 1. The third-order valence-corrected chi connectivity index (χ3v) is 8.48. The Morgan fingerprint density at radius 1 is 0.951 bits per heavy atom. The first-order valence-electron chi connectivity index (χ1n) is 14.0. The monoisotopic (exact) mass is 545 g/mol. The number of amides is 1. The minimum atomic E-state index is -0.577. The Balaban J connectivity index is 1.07. The summed E-state index contributed by atoms with van der Waals surface area (Å²) < 4.78 is 10.2. The normalized spacial score (nSPS) is 16.2. The molecular weight excluding hydrogens is 514 g/mol. The van der Waals surface area contributed by atoms with Gasteiger partial charge in [-0.3, -0.25) is 14.3 Å². The van der Waals surface area contributed by atoms with Crippen molar-refractivity contribution in [2.24, 2.45) is 7.05 Å². The highest BCUT2D eigenvalue weighted by molar-refractivity contribution is 6.02. The van der Waals surface area contributed by atoms with Gasteiger partial charge in [0.05, 0.1) is 35.1 Å². The van der Waals surface area contributed by atoms with Gasteiger partial charge in [-0.1, -0.05) is 23.8 Å². The van der Waals surface area contributed by atoms with E-state index in [2.05, 4.69) is 36.3 Å². The zero-order valence-corrected chi connectivity index (χ0v) is 23.4. The Labute approximate surface area is 238 Å². The van der Waals surface area contributed by atoms with E-state index in [4.69, 9.17) is 9.84 Å². The van der Waals surface area contributed by atoms with Gasteiger partial charge in [0.15, 0.2) is 5.78 Å². The molecule has 1 fully saturated rings. The molecule has 0 unspecified atom stereocenters. The zero-order chi connectivity index (χ0) is 28.3. The number of hydrogen-bond donors (Lipinski definition) is 0. The van der Waals surface area contributed by atoms with E-state index in [1.165, 1.54) is 5.56 Å². The van der Waals surface area contributed by atoms with Crippen LogP contribution in [0, 0.1) is 13.8 Å². The third kappa shape index (κ3) is 4.40. The van der Waals surface area contributed by atoms with Crippen LogP contribution in [0.3, 0.4) is 0 Å². The summed E-state index contributed by atoms with van der Waals surface area (Å²) in [5.74, 6) is 0.705. The van der Waals surface area contributed by atoms with Crippen LogP contribution in [0.1, 0.15) is 51.2 Å². The van der Waals surface area contributed by atoms with Crippen LogP contribution >= 0.6 is 0 Å². The molecule has 8 heteroatoms. The first-order chi connectivity index (χ1) is 19.8. The molecule has 0 radical (unpaired) electrons. The molecule has 1 spiro atoms. The lowest BCUT2D eigenvalue weighted by Gasteiger charge is -2.44. The molecule has 0 aliphatic carbocycles. The van der Waals surface area contributed by atoms with E-state index >= 15 is 0 Å². The number of likely N-dealkylation sites (tertiary alicyclic amines) is 1. The van der Waals surface area contributed by atoms with Crippen molar-refractivity contribution in [1.29, 1.82) is 0 Å². The molecule has 5 aromatic rings. The van der Waals surface area contributed by atoms with Crippen LogP contribution in [0.4, 0.5) is 0 Å². The summed E-state index contributed by atoms with van der Waals surface area (Å²) in [6, 6.07) is 19.8. The standard InChI is InChI=1S/C33H31N5O3/c1-21-4-8-26(9-5-21)38-29-10-6-24(17-27(29)22(2)35-38)32(40)37-14-12-33(13-15-37)18-30(39)28-16-23(7-11-31(28)41-33)25-19-34-36(3)20-25/h4-11,16-17,19-20H,12-15,18H2,1-3H3. The number of hydrogen-bond acceptors (Lipinski definition) is 5. The molecule has 2 aliphatic heterocycles. The van der Waals surface area contributed by atoms with Gasteiger partial charge in [-0.2, -0.15) is 10.2 Å². The van der Waals surface area contributed by atoms with Crippen LogP contribution in [0.2, 0.25) is 0 Å². The Hall–Kier alpha value is -4.72. The molecule has 2 aliphatic rings. The molecule has 4 heterocycles. The Kier molecular flexibility index (Phi) is 5.81. The highest BCUT2D eigenvalue weighted by Gasteiger charge is 2.44. The van der Waals surface area contributed by atoms with Crippen molar-refractivity contribution in [3.63, 3.8) is 0 Å². The van der Waals surface area contributed by atoms with Crippen molar-refractivity contribution in [3.8, 4) is 22.6 Å². The van der Waals surface area contributed by atoms with Gasteiger partial charge in [0.1, 0.15) is 11.4 Å². The Bertz CT molecular complexity index is 1820. The van der Waals surface area contributed by atoms with Gasteiger partial charge in [-0.05, 0) is 61.9 Å². The predicted octanol–water partition coefficient (Wildman–Crippen LogP) is 5.68. The summed E-state index contributed by atoms with van der Waals surface area (Å²) in [6.45, 7) is 5.11. The van der Waals surface area contributed by atoms with Crippen LogP contribution in [0.25, 0.3) is 27.7 Å². The second-order valence-corrected chi connectivity index (χ2v) is 11.4. The van der Waals surface area contributed by atoms with Crippen LogP contribution in [-0.4, -0.2) is 54.8 Å². The number of aryl methyl sites for hydroxylation is 3. The largest absolute Gasteiger partial charge is 0.486 e. The minimum absolute atomic E-state index is 0.00659. The average Bonchev–Trinajstić information content (AvgIpc) is 3.56. The number of piperidine rings is 1. The van der Waals surface area contributed by atoms with Gasteiger partial charge in [-0.25, -0.2) is 4.68 Å². The maximum atomic E-state index is 13.6. The molecule has 1 amide bonds. The molecule has 3 aromatic carbocycles. The fourth-order valence-electron chi connectivity index (χ4n) is 6.11. The molecule has 0 saturated carbocycles. The smallest absolute Gasteiger partial charge is 0.253 e. The molecular formula is C33H31N5O3. The number of aromatic nitrogens is 4. The quantitative estimate of drug-likeness (QED) is 0.291. The van der Waals surface area contributed by atoms with Crippen molar-refractivity contribution < 1.29 is 14.3 Å². The number of nitrogens with zero attached hydrogens (tertiary/aromatic N) is 5. The number of ether oxygens (including phenoxy) is 1. The summed E-state index contributed by atoms with van der Waals surface area (Å²) >= 11 is 0. The molecule has 0 atom stereocenters. The summed E-state index contributed by atoms with van der Waals surface area (Å²) in [4.78, 5) is 28.7. The highest BCUT2D eigenvalue weighted by atomic mass is 16.5. The van der Waals surface area contributed by atoms with Gasteiger partial charge < -0.3 is 9.64 Å². The Morgan fingerprint density at radius 2 is 1.73 bits per heavy atom. The molecule has 1 saturated heterocycles.